The topological polar surface area (TPSA) is 29.5 Å². The summed E-state index contributed by atoms with van der Waals surface area (Å²) in [6.07, 6.45) is 15.9. The normalized spacial score (nSPS) is 44.8. The molecule has 3 nitrogen and oxygen atoms in total. The summed E-state index contributed by atoms with van der Waals surface area (Å²) in [5.74, 6) is 5.54. The zero-order chi connectivity index (χ0) is 23.7. The van der Waals surface area contributed by atoms with Gasteiger partial charge in [-0.15, -0.1) is 0 Å². The molecule has 6 aliphatic rings. The fraction of sp³-hybridized carbons (Fsp3) is 0.839. The van der Waals surface area contributed by atoms with Gasteiger partial charge in [0.25, 0.3) is 0 Å². The predicted molar refractivity (Wildman–Crippen MR) is 137 cm³/mol. The van der Waals surface area contributed by atoms with E-state index in [-0.39, 0.29) is 5.41 Å². The quantitative estimate of drug-likeness (QED) is 0.412. The second-order valence-corrected chi connectivity index (χ2v) is 13.6. The van der Waals surface area contributed by atoms with Gasteiger partial charge in [0.15, 0.2) is 0 Å². The van der Waals surface area contributed by atoms with Crippen LogP contribution in [-0.2, 0) is 9.53 Å². The van der Waals surface area contributed by atoms with Crippen molar-refractivity contribution in [3.8, 4) is 0 Å². The molecule has 0 unspecified atom stereocenters. The first-order chi connectivity index (χ1) is 16.3. The Morgan fingerprint density at radius 1 is 1.18 bits per heavy atom. The highest BCUT2D eigenvalue weighted by molar-refractivity contribution is 5.82. The van der Waals surface area contributed by atoms with Gasteiger partial charge in [0.05, 0.1) is 5.76 Å². The summed E-state index contributed by atoms with van der Waals surface area (Å²) >= 11 is 0. The minimum absolute atomic E-state index is 0.276. The highest BCUT2D eigenvalue weighted by atomic mass is 16.5. The van der Waals surface area contributed by atoms with Crippen LogP contribution >= 0.6 is 0 Å². The molecule has 0 aromatic heterocycles. The van der Waals surface area contributed by atoms with Gasteiger partial charge in [0.1, 0.15) is 11.9 Å². The summed E-state index contributed by atoms with van der Waals surface area (Å²) in [6.45, 7) is 13.9. The number of hydrogen-bond acceptors (Lipinski definition) is 3. The predicted octanol–water partition coefficient (Wildman–Crippen LogP) is 6.93. The molecule has 1 saturated heterocycles. The van der Waals surface area contributed by atoms with E-state index < -0.39 is 0 Å². The third-order valence-electron chi connectivity index (χ3n) is 11.8. The third kappa shape index (κ3) is 3.58. The molecule has 3 heteroatoms. The Labute approximate surface area is 207 Å². The van der Waals surface area contributed by atoms with Crippen LogP contribution in [0, 0.1) is 40.4 Å². The number of ketones is 1. The highest BCUT2D eigenvalue weighted by Gasteiger charge is 2.63. The summed E-state index contributed by atoms with van der Waals surface area (Å²) in [5.41, 5.74) is 3.76. The van der Waals surface area contributed by atoms with Crippen LogP contribution in [0.1, 0.15) is 98.3 Å². The molecule has 188 valence electrons. The first-order valence-electron chi connectivity index (χ1n) is 14.6. The Bertz CT molecular complexity index is 897. The van der Waals surface area contributed by atoms with Crippen molar-refractivity contribution < 1.29 is 9.53 Å². The van der Waals surface area contributed by atoms with Crippen LogP contribution in [0.4, 0.5) is 0 Å². The fourth-order valence-corrected chi connectivity index (χ4v) is 9.94. The number of ether oxygens (including phenoxy) is 1. The van der Waals surface area contributed by atoms with Crippen LogP contribution in [0.3, 0.4) is 0 Å². The van der Waals surface area contributed by atoms with E-state index in [4.69, 9.17) is 4.74 Å². The van der Waals surface area contributed by atoms with Crippen LogP contribution in [0.2, 0.25) is 0 Å². The van der Waals surface area contributed by atoms with Gasteiger partial charge >= 0.3 is 0 Å². The average molecular weight is 466 g/mol. The largest absolute Gasteiger partial charge is 0.494 e. The van der Waals surface area contributed by atoms with E-state index in [2.05, 4.69) is 38.7 Å². The van der Waals surface area contributed by atoms with Gasteiger partial charge in [-0.05, 0) is 111 Å². The minimum Gasteiger partial charge on any atom is -0.494 e. The van der Waals surface area contributed by atoms with E-state index in [9.17, 15) is 4.79 Å². The van der Waals surface area contributed by atoms with Gasteiger partial charge in [0, 0.05) is 31.7 Å². The lowest BCUT2D eigenvalue weighted by Crippen LogP contribution is -2.50. The van der Waals surface area contributed by atoms with Crippen molar-refractivity contribution in [2.24, 2.45) is 40.4 Å². The molecule has 0 spiro atoms. The second kappa shape index (κ2) is 8.49. The second-order valence-electron chi connectivity index (χ2n) is 13.6. The fourth-order valence-electron chi connectivity index (χ4n) is 9.94. The van der Waals surface area contributed by atoms with E-state index >= 15 is 0 Å². The number of hydrogen-bond donors (Lipinski definition) is 0. The molecule has 0 aromatic carbocycles. The first kappa shape index (κ1) is 23.3. The SMILES string of the molecule is CC1=C(CC[C@@H](C)CN2CCCC2)O[C@H]2C[C@H]3[C@@H]4CC=C5CC(=O)CC[C@]5(C)[C@H]4CC[C@]3(C)[C@@H]12. The van der Waals surface area contributed by atoms with E-state index in [1.165, 1.54) is 75.9 Å². The Morgan fingerprint density at radius 2 is 1.97 bits per heavy atom. The van der Waals surface area contributed by atoms with Crippen molar-refractivity contribution in [1.29, 1.82) is 0 Å². The molecule has 0 radical (unpaired) electrons. The monoisotopic (exact) mass is 465 g/mol. The molecular weight excluding hydrogens is 418 g/mol. The highest BCUT2D eigenvalue weighted by Crippen LogP contribution is 2.68. The van der Waals surface area contributed by atoms with Crippen LogP contribution < -0.4 is 0 Å². The smallest absolute Gasteiger partial charge is 0.136 e. The van der Waals surface area contributed by atoms with Crippen molar-refractivity contribution in [1.82, 2.24) is 4.90 Å². The Hall–Kier alpha value is -1.09. The maximum absolute atomic E-state index is 12.2. The lowest BCUT2D eigenvalue weighted by atomic mass is 9.47. The van der Waals surface area contributed by atoms with Crippen molar-refractivity contribution in [3.63, 3.8) is 0 Å². The maximum Gasteiger partial charge on any atom is 0.136 e. The molecule has 4 aliphatic carbocycles. The Morgan fingerprint density at radius 3 is 2.76 bits per heavy atom. The lowest BCUT2D eigenvalue weighted by molar-refractivity contribution is -0.122. The summed E-state index contributed by atoms with van der Waals surface area (Å²) in [5, 5.41) is 0. The number of likely N-dealkylation sites (tertiary alicyclic amines) is 1. The number of carbonyl (C=O) groups excluding carboxylic acids is 1. The van der Waals surface area contributed by atoms with Crippen molar-refractivity contribution in [2.75, 3.05) is 19.6 Å². The van der Waals surface area contributed by atoms with E-state index in [0.717, 1.165) is 49.4 Å². The number of allylic oxidation sites excluding steroid dienone is 3. The summed E-state index contributed by atoms with van der Waals surface area (Å²) in [7, 11) is 0. The maximum atomic E-state index is 12.2. The molecule has 2 aliphatic heterocycles. The van der Waals surface area contributed by atoms with Crippen molar-refractivity contribution in [2.45, 2.75) is 104 Å². The first-order valence-corrected chi connectivity index (χ1v) is 14.6. The van der Waals surface area contributed by atoms with E-state index in [1.807, 2.05) is 0 Å². The zero-order valence-corrected chi connectivity index (χ0v) is 22.2. The number of nitrogens with zero attached hydrogens (tertiary/aromatic N) is 1. The minimum atomic E-state index is 0.276. The van der Waals surface area contributed by atoms with Crippen LogP contribution in [0.5, 0.6) is 0 Å². The molecule has 3 saturated carbocycles. The molecule has 0 amide bonds. The summed E-state index contributed by atoms with van der Waals surface area (Å²) in [6, 6.07) is 0. The average Bonchev–Trinajstić information content (AvgIpc) is 3.49. The molecule has 0 bridgehead atoms. The summed E-state index contributed by atoms with van der Waals surface area (Å²) in [4.78, 5) is 14.8. The van der Waals surface area contributed by atoms with Crippen LogP contribution in [0.15, 0.2) is 23.0 Å². The van der Waals surface area contributed by atoms with Gasteiger partial charge in [0.2, 0.25) is 0 Å². The van der Waals surface area contributed by atoms with Gasteiger partial charge in [-0.2, -0.15) is 0 Å². The molecule has 0 N–H and O–H groups in total. The zero-order valence-electron chi connectivity index (χ0n) is 22.2. The van der Waals surface area contributed by atoms with Crippen LogP contribution in [-0.4, -0.2) is 36.4 Å². The number of rotatable bonds is 5. The molecule has 4 fully saturated rings. The number of fused-ring (bicyclic) bond motifs is 7. The molecule has 6 rings (SSSR count). The summed E-state index contributed by atoms with van der Waals surface area (Å²) < 4.78 is 6.81. The van der Waals surface area contributed by atoms with Gasteiger partial charge < -0.3 is 9.64 Å². The molecule has 2 heterocycles. The van der Waals surface area contributed by atoms with E-state index in [0.29, 0.717) is 23.2 Å². The molecule has 8 atom stereocenters. The molecule has 0 aromatic rings. The molecular formula is C31H47NO2. The van der Waals surface area contributed by atoms with Gasteiger partial charge in [-0.3, -0.25) is 4.79 Å². The van der Waals surface area contributed by atoms with Crippen LogP contribution in [0.25, 0.3) is 0 Å². The number of carbonyl (C=O) groups is 1. The Kier molecular flexibility index (Phi) is 5.83. The van der Waals surface area contributed by atoms with Gasteiger partial charge in [-0.1, -0.05) is 32.4 Å². The van der Waals surface area contributed by atoms with Crippen molar-refractivity contribution >= 4 is 5.78 Å². The third-order valence-corrected chi connectivity index (χ3v) is 11.8. The number of Topliss-reactive ketones (excluding diaryl/α,β-unsaturated/α-hetero) is 1. The molecule has 34 heavy (non-hydrogen) atoms. The van der Waals surface area contributed by atoms with Crippen molar-refractivity contribution in [3.05, 3.63) is 23.0 Å². The Balaban J connectivity index is 1.16. The van der Waals surface area contributed by atoms with Gasteiger partial charge in [-0.25, -0.2) is 0 Å². The standard InChI is InChI=1S/C31H47NO2/c1-20(19-32-15-5-6-16-32)7-10-27-21(2)29-28(34-27)18-26-24-9-8-22-17-23(33)11-13-30(22,3)25(24)12-14-31(26,29)4/h8,20,24-26,28-29H,5-7,9-19H2,1-4H3/t20-,24-,25+,26+,28+,29+,30+,31+/m1/s1. The van der Waals surface area contributed by atoms with E-state index in [1.54, 1.807) is 5.57 Å². The lowest BCUT2D eigenvalue weighted by Gasteiger charge is -2.57.